The van der Waals surface area contributed by atoms with E-state index in [9.17, 15) is 18.0 Å². The maximum absolute atomic E-state index is 13.0. The predicted molar refractivity (Wildman–Crippen MR) is 116 cm³/mol. The number of hydrogen-bond acceptors (Lipinski definition) is 1. The molecule has 3 aromatic rings. The molecule has 0 unspecified atom stereocenters. The van der Waals surface area contributed by atoms with Gasteiger partial charge in [-0.25, -0.2) is 4.79 Å². The molecule has 0 saturated carbocycles. The van der Waals surface area contributed by atoms with Crippen LogP contribution in [0.3, 0.4) is 0 Å². The van der Waals surface area contributed by atoms with Gasteiger partial charge in [0.1, 0.15) is 0 Å². The molecule has 7 heteroatoms. The molecule has 162 valence electrons. The molecule has 0 radical (unpaired) electrons. The number of rotatable bonds is 7. The number of aromatic nitrogens is 1. The zero-order valence-corrected chi connectivity index (χ0v) is 17.2. The van der Waals surface area contributed by atoms with E-state index >= 15 is 0 Å². The largest absolute Gasteiger partial charge is 0.416 e. The molecule has 2 amide bonds. The van der Waals surface area contributed by atoms with Crippen LogP contribution in [0.5, 0.6) is 0 Å². The molecule has 1 heterocycles. The minimum absolute atomic E-state index is 0.271. The zero-order chi connectivity index (χ0) is 22.4. The number of nitrogens with zero attached hydrogens (tertiary/aromatic N) is 2. The normalized spacial score (nSPS) is 11.2. The van der Waals surface area contributed by atoms with Crippen LogP contribution in [-0.2, 0) is 19.3 Å². The highest BCUT2D eigenvalue weighted by Crippen LogP contribution is 2.29. The van der Waals surface area contributed by atoms with Gasteiger partial charge in [-0.05, 0) is 48.4 Å². The summed E-state index contributed by atoms with van der Waals surface area (Å²) in [7, 11) is 0. The average molecular weight is 427 g/mol. The average Bonchev–Trinajstić information content (AvgIpc) is 3.15. The van der Waals surface area contributed by atoms with Crippen molar-refractivity contribution in [2.24, 2.45) is 0 Å². The molecule has 0 saturated heterocycles. The summed E-state index contributed by atoms with van der Waals surface area (Å²) in [6.07, 6.45) is -0.956. The quantitative estimate of drug-likeness (QED) is 0.456. The number of alkyl halides is 3. The number of amides is 2. The fraction of sp³-hybridized carbons (Fsp3) is 0.208. The Bertz CT molecular complexity index is 1060. The number of carbonyl (C=O) groups excluding carboxylic acids is 1. The Morgan fingerprint density at radius 1 is 1.13 bits per heavy atom. The van der Waals surface area contributed by atoms with Crippen molar-refractivity contribution in [2.75, 3.05) is 11.9 Å². The van der Waals surface area contributed by atoms with Gasteiger partial charge in [-0.2, -0.15) is 13.2 Å². The smallest absolute Gasteiger partial charge is 0.345 e. The molecule has 1 aromatic heterocycles. The summed E-state index contributed by atoms with van der Waals surface area (Å²) in [5, 5.41) is 2.91. The summed E-state index contributed by atoms with van der Waals surface area (Å²) < 4.78 is 40.9. The maximum Gasteiger partial charge on any atom is 0.416 e. The van der Waals surface area contributed by atoms with Gasteiger partial charge in [0.25, 0.3) is 0 Å². The standard InChI is InChI=1S/C24H24F3N3O/c1-3-13-30(23(31)28-22-12-5-4-8-18(22)2)17-21-11-7-14-29(21)16-19-9-6-10-20(15-19)24(25,26)27/h3-12,14-15H,1,13,16-17H2,2H3,(H,28,31). The molecule has 0 atom stereocenters. The molecule has 0 bridgehead atoms. The van der Waals surface area contributed by atoms with E-state index in [-0.39, 0.29) is 19.1 Å². The van der Waals surface area contributed by atoms with Crippen molar-refractivity contribution < 1.29 is 18.0 Å². The second-order valence-electron chi connectivity index (χ2n) is 7.24. The molecule has 3 rings (SSSR count). The van der Waals surface area contributed by atoms with Crippen LogP contribution in [0.4, 0.5) is 23.7 Å². The van der Waals surface area contributed by atoms with Crippen LogP contribution >= 0.6 is 0 Å². The molecule has 0 aliphatic rings. The molecule has 1 N–H and O–H groups in total. The van der Waals surface area contributed by atoms with E-state index < -0.39 is 11.7 Å². The highest BCUT2D eigenvalue weighted by molar-refractivity contribution is 5.90. The van der Waals surface area contributed by atoms with Gasteiger partial charge in [-0.1, -0.05) is 36.4 Å². The first kappa shape index (κ1) is 22.2. The number of urea groups is 1. The van der Waals surface area contributed by atoms with Crippen LogP contribution in [0.15, 0.2) is 79.5 Å². The van der Waals surface area contributed by atoms with Crippen LogP contribution in [0, 0.1) is 6.92 Å². The summed E-state index contributed by atoms with van der Waals surface area (Å²) in [5.74, 6) is 0. The Balaban J connectivity index is 1.76. The van der Waals surface area contributed by atoms with Crippen molar-refractivity contribution in [1.29, 1.82) is 0 Å². The van der Waals surface area contributed by atoms with Crippen LogP contribution < -0.4 is 5.32 Å². The van der Waals surface area contributed by atoms with Crippen molar-refractivity contribution in [2.45, 2.75) is 26.2 Å². The van der Waals surface area contributed by atoms with E-state index in [1.165, 1.54) is 6.07 Å². The number of para-hydroxylation sites is 1. The molecule has 0 fully saturated rings. The van der Waals surface area contributed by atoms with Crippen molar-refractivity contribution in [3.63, 3.8) is 0 Å². The summed E-state index contributed by atoms with van der Waals surface area (Å²) in [5.41, 5.74) is 2.33. The van der Waals surface area contributed by atoms with Crippen molar-refractivity contribution in [1.82, 2.24) is 9.47 Å². The van der Waals surface area contributed by atoms with Crippen LogP contribution in [0.2, 0.25) is 0 Å². The van der Waals surface area contributed by atoms with Crippen LogP contribution in [0.25, 0.3) is 0 Å². The minimum Gasteiger partial charge on any atom is -0.345 e. The lowest BCUT2D eigenvalue weighted by Gasteiger charge is -2.23. The fourth-order valence-corrected chi connectivity index (χ4v) is 3.27. The predicted octanol–water partition coefficient (Wildman–Crippen LogP) is 6.08. The minimum atomic E-state index is -4.38. The third kappa shape index (κ3) is 5.78. The molecular formula is C24H24F3N3O. The van der Waals surface area contributed by atoms with E-state index in [1.54, 1.807) is 23.2 Å². The van der Waals surface area contributed by atoms with Gasteiger partial charge in [-0.15, -0.1) is 6.58 Å². The van der Waals surface area contributed by atoms with Crippen molar-refractivity contribution in [3.8, 4) is 0 Å². The highest BCUT2D eigenvalue weighted by Gasteiger charge is 2.30. The monoisotopic (exact) mass is 427 g/mol. The first-order valence-corrected chi connectivity index (χ1v) is 9.80. The third-order valence-corrected chi connectivity index (χ3v) is 4.91. The maximum atomic E-state index is 13.0. The highest BCUT2D eigenvalue weighted by atomic mass is 19.4. The van der Waals surface area contributed by atoms with Gasteiger partial charge in [-0.3, -0.25) is 0 Å². The van der Waals surface area contributed by atoms with Gasteiger partial charge in [0, 0.05) is 30.7 Å². The Hall–Kier alpha value is -3.48. The topological polar surface area (TPSA) is 37.3 Å². The van der Waals surface area contributed by atoms with Crippen LogP contribution in [0.1, 0.15) is 22.4 Å². The molecule has 0 aliphatic carbocycles. The molecule has 2 aromatic carbocycles. The van der Waals surface area contributed by atoms with E-state index in [2.05, 4.69) is 11.9 Å². The van der Waals surface area contributed by atoms with E-state index in [4.69, 9.17) is 0 Å². The fourth-order valence-electron chi connectivity index (χ4n) is 3.27. The van der Waals surface area contributed by atoms with Gasteiger partial charge in [0.15, 0.2) is 0 Å². The van der Waals surface area contributed by atoms with E-state index in [1.807, 2.05) is 47.9 Å². The first-order valence-electron chi connectivity index (χ1n) is 9.80. The number of carbonyl (C=O) groups is 1. The second-order valence-corrected chi connectivity index (χ2v) is 7.24. The second kappa shape index (κ2) is 9.55. The molecule has 4 nitrogen and oxygen atoms in total. The van der Waals surface area contributed by atoms with Gasteiger partial charge in [0.2, 0.25) is 0 Å². The molecule has 0 aliphatic heterocycles. The number of anilines is 1. The third-order valence-electron chi connectivity index (χ3n) is 4.91. The number of aryl methyl sites for hydroxylation is 1. The number of hydrogen-bond donors (Lipinski definition) is 1. The number of nitrogens with one attached hydrogen (secondary N) is 1. The summed E-state index contributed by atoms with van der Waals surface area (Å²) in [4.78, 5) is 14.4. The van der Waals surface area contributed by atoms with Crippen molar-refractivity contribution in [3.05, 3.63) is 102 Å². The number of benzene rings is 2. The van der Waals surface area contributed by atoms with Gasteiger partial charge < -0.3 is 14.8 Å². The molecular weight excluding hydrogens is 403 g/mol. The summed E-state index contributed by atoms with van der Waals surface area (Å²) in [6.45, 7) is 6.52. The number of halogens is 3. The van der Waals surface area contributed by atoms with Gasteiger partial charge >= 0.3 is 12.2 Å². The van der Waals surface area contributed by atoms with Gasteiger partial charge in [0.05, 0.1) is 12.1 Å². The Kier molecular flexibility index (Phi) is 6.84. The summed E-state index contributed by atoms with van der Waals surface area (Å²) in [6, 6.07) is 16.1. The Labute approximate surface area is 179 Å². The van der Waals surface area contributed by atoms with Crippen molar-refractivity contribution >= 4 is 11.7 Å². The lowest BCUT2D eigenvalue weighted by atomic mass is 10.1. The molecule has 0 spiro atoms. The Morgan fingerprint density at radius 3 is 2.61 bits per heavy atom. The summed E-state index contributed by atoms with van der Waals surface area (Å²) >= 11 is 0. The van der Waals surface area contributed by atoms with E-state index in [0.717, 1.165) is 29.1 Å². The first-order chi connectivity index (χ1) is 14.8. The lowest BCUT2D eigenvalue weighted by Crippen LogP contribution is -2.35. The zero-order valence-electron chi connectivity index (χ0n) is 17.2. The van der Waals surface area contributed by atoms with Crippen LogP contribution in [-0.4, -0.2) is 22.0 Å². The van der Waals surface area contributed by atoms with E-state index in [0.29, 0.717) is 12.1 Å². The molecule has 31 heavy (non-hydrogen) atoms. The Morgan fingerprint density at radius 2 is 1.90 bits per heavy atom. The lowest BCUT2D eigenvalue weighted by molar-refractivity contribution is -0.137. The SMILES string of the molecule is C=CCN(Cc1cccn1Cc1cccc(C(F)(F)F)c1)C(=O)Nc1ccccc1C.